The first kappa shape index (κ1) is 17.8. The summed E-state index contributed by atoms with van der Waals surface area (Å²) in [5.74, 6) is 0.617. The molecule has 0 bridgehead atoms. The number of aliphatic hydroxyl groups is 1. The summed E-state index contributed by atoms with van der Waals surface area (Å²) in [5.41, 5.74) is 4.76. The Balaban J connectivity index is 1.24. The van der Waals surface area contributed by atoms with Crippen LogP contribution in [0.3, 0.4) is 0 Å². The highest BCUT2D eigenvalue weighted by molar-refractivity contribution is 5.92. The van der Waals surface area contributed by atoms with Crippen molar-refractivity contribution in [2.24, 2.45) is 5.92 Å². The van der Waals surface area contributed by atoms with Gasteiger partial charge in [0.05, 0.1) is 18.3 Å². The molecule has 0 radical (unpaired) electrons. The molecule has 1 aromatic carbocycles. The van der Waals surface area contributed by atoms with Crippen LogP contribution in [0.5, 0.6) is 0 Å². The van der Waals surface area contributed by atoms with E-state index in [1.54, 1.807) is 13.1 Å². The van der Waals surface area contributed by atoms with E-state index in [4.69, 9.17) is 4.84 Å². The summed E-state index contributed by atoms with van der Waals surface area (Å²) in [6, 6.07) is 9.92. The maximum atomic E-state index is 12.4. The number of hydrogen-bond donors (Lipinski definition) is 3. The summed E-state index contributed by atoms with van der Waals surface area (Å²) in [5, 5.41) is 16.9. The number of hydrogen-bond acceptors (Lipinski definition) is 5. The fourth-order valence-corrected chi connectivity index (χ4v) is 3.51. The number of hydroxylamine groups is 1. The number of benzene rings is 1. The molecule has 1 aromatic heterocycles. The summed E-state index contributed by atoms with van der Waals surface area (Å²) in [4.78, 5) is 17.7. The molecule has 1 fully saturated rings. The molecule has 0 saturated heterocycles. The van der Waals surface area contributed by atoms with Crippen molar-refractivity contribution in [3.05, 3.63) is 65.7 Å². The quantitative estimate of drug-likeness (QED) is 0.726. The van der Waals surface area contributed by atoms with Crippen LogP contribution in [-0.2, 0) is 16.2 Å². The van der Waals surface area contributed by atoms with Crippen molar-refractivity contribution in [2.75, 3.05) is 0 Å². The smallest absolute Gasteiger partial charge is 0.288 e. The van der Waals surface area contributed by atoms with Gasteiger partial charge in [-0.05, 0) is 37.3 Å². The Labute approximate surface area is 158 Å². The Hall–Kier alpha value is -2.64. The first-order valence-corrected chi connectivity index (χ1v) is 9.29. The second-order valence-corrected chi connectivity index (χ2v) is 7.32. The van der Waals surface area contributed by atoms with Crippen LogP contribution in [0.25, 0.3) is 0 Å². The fraction of sp³-hybridized carbons (Fsp3) is 0.400. The number of carbonyl (C=O) groups is 1. The fourth-order valence-electron chi connectivity index (χ4n) is 3.51. The van der Waals surface area contributed by atoms with Crippen LogP contribution in [0, 0.1) is 5.92 Å². The topological polar surface area (TPSA) is 88.4 Å². The Morgan fingerprint density at radius 3 is 2.89 bits per heavy atom. The monoisotopic (exact) mass is 368 g/mol. The van der Waals surface area contributed by atoms with Gasteiger partial charge in [0.25, 0.3) is 5.91 Å². The molecule has 1 unspecified atom stereocenters. The largest absolute Gasteiger partial charge is 0.402 e. The molecule has 7 nitrogen and oxygen atoms in total. The van der Waals surface area contributed by atoms with Gasteiger partial charge >= 0.3 is 0 Å². The maximum Gasteiger partial charge on any atom is 0.288 e. The zero-order chi connectivity index (χ0) is 18.8. The second kappa shape index (κ2) is 7.54. The van der Waals surface area contributed by atoms with Gasteiger partial charge in [0.15, 0.2) is 0 Å². The van der Waals surface area contributed by atoms with Gasteiger partial charge in [0.1, 0.15) is 0 Å². The molecule has 0 spiro atoms. The lowest BCUT2D eigenvalue weighted by Gasteiger charge is -2.35. The highest BCUT2D eigenvalue weighted by Crippen LogP contribution is 2.30. The summed E-state index contributed by atoms with van der Waals surface area (Å²) >= 11 is 0. The van der Waals surface area contributed by atoms with Crippen LogP contribution in [0.15, 0.2) is 54.6 Å². The average Bonchev–Trinajstić information content (AvgIpc) is 3.30. The van der Waals surface area contributed by atoms with Crippen molar-refractivity contribution in [1.82, 2.24) is 20.6 Å². The third-order valence-corrected chi connectivity index (χ3v) is 5.15. The van der Waals surface area contributed by atoms with Crippen LogP contribution >= 0.6 is 0 Å². The van der Waals surface area contributed by atoms with Crippen molar-refractivity contribution >= 4 is 5.91 Å². The van der Waals surface area contributed by atoms with Crippen LogP contribution < -0.4 is 10.8 Å². The first-order valence-electron chi connectivity index (χ1n) is 9.29. The first-order chi connectivity index (χ1) is 13.1. The summed E-state index contributed by atoms with van der Waals surface area (Å²) < 4.78 is 1.86. The van der Waals surface area contributed by atoms with Gasteiger partial charge in [0.2, 0.25) is 5.76 Å². The number of carbonyl (C=O) groups excluding carboxylic acids is 1. The molecule has 4 rings (SSSR count). The molecule has 2 aliphatic rings. The van der Waals surface area contributed by atoms with E-state index in [9.17, 15) is 9.90 Å². The van der Waals surface area contributed by atoms with E-state index in [0.717, 1.165) is 30.5 Å². The number of amides is 1. The van der Waals surface area contributed by atoms with E-state index in [2.05, 4.69) is 15.9 Å². The molecule has 142 valence electrons. The van der Waals surface area contributed by atoms with Crippen molar-refractivity contribution in [2.45, 2.75) is 44.5 Å². The van der Waals surface area contributed by atoms with Crippen molar-refractivity contribution in [3.63, 3.8) is 0 Å². The van der Waals surface area contributed by atoms with Crippen LogP contribution in [0.1, 0.15) is 43.0 Å². The maximum absolute atomic E-state index is 12.4. The SMILES string of the molecule is C[C@H](O)c1cnn(CC2CC(NC(=O)C3=CC(c4ccccc4)NO3)C2)c1. The van der Waals surface area contributed by atoms with E-state index in [1.807, 2.05) is 47.3 Å². The predicted molar refractivity (Wildman–Crippen MR) is 99.0 cm³/mol. The van der Waals surface area contributed by atoms with Gasteiger partial charge in [0, 0.05) is 24.3 Å². The molecule has 1 saturated carbocycles. The molecule has 1 amide bonds. The molecule has 27 heavy (non-hydrogen) atoms. The zero-order valence-electron chi connectivity index (χ0n) is 15.2. The van der Waals surface area contributed by atoms with Gasteiger partial charge < -0.3 is 15.3 Å². The van der Waals surface area contributed by atoms with Crippen molar-refractivity contribution in [1.29, 1.82) is 0 Å². The van der Waals surface area contributed by atoms with Gasteiger partial charge in [-0.1, -0.05) is 30.3 Å². The van der Waals surface area contributed by atoms with E-state index in [-0.39, 0.29) is 18.0 Å². The molecule has 1 aliphatic carbocycles. The van der Waals surface area contributed by atoms with Crippen LogP contribution in [0.2, 0.25) is 0 Å². The van der Waals surface area contributed by atoms with E-state index < -0.39 is 6.10 Å². The van der Waals surface area contributed by atoms with Crippen molar-refractivity contribution < 1.29 is 14.7 Å². The predicted octanol–water partition coefficient (Wildman–Crippen LogP) is 1.99. The van der Waals surface area contributed by atoms with Gasteiger partial charge in [-0.3, -0.25) is 9.48 Å². The number of rotatable bonds is 6. The molecule has 3 N–H and O–H groups in total. The third kappa shape index (κ3) is 4.04. The van der Waals surface area contributed by atoms with Gasteiger partial charge in [-0.25, -0.2) is 0 Å². The lowest BCUT2D eigenvalue weighted by atomic mass is 9.80. The molecular formula is C20H24N4O3. The Kier molecular flexibility index (Phi) is 4.96. The minimum absolute atomic E-state index is 0.107. The third-order valence-electron chi connectivity index (χ3n) is 5.15. The van der Waals surface area contributed by atoms with E-state index in [1.165, 1.54) is 0 Å². The normalized spacial score (nSPS) is 25.3. The molecule has 7 heteroatoms. The standard InChI is InChI=1S/C20H24N4O3/c1-13(25)16-10-21-24(12-16)11-14-7-17(8-14)22-20(26)19-9-18(23-27-19)15-5-3-2-4-6-15/h2-6,9-10,12-14,17-18,23,25H,7-8,11H2,1H3,(H,22,26)/t13-,14?,17?,18?/m0/s1. The number of nitrogens with zero attached hydrogens (tertiary/aromatic N) is 2. The average molecular weight is 368 g/mol. The number of nitrogens with one attached hydrogen (secondary N) is 2. The van der Waals surface area contributed by atoms with Crippen molar-refractivity contribution in [3.8, 4) is 0 Å². The Morgan fingerprint density at radius 2 is 2.19 bits per heavy atom. The highest BCUT2D eigenvalue weighted by Gasteiger charge is 2.33. The van der Waals surface area contributed by atoms with E-state index in [0.29, 0.717) is 11.7 Å². The highest BCUT2D eigenvalue weighted by atomic mass is 16.7. The summed E-state index contributed by atoms with van der Waals surface area (Å²) in [6.45, 7) is 2.53. The lowest BCUT2D eigenvalue weighted by Crippen LogP contribution is -2.46. The summed E-state index contributed by atoms with van der Waals surface area (Å²) in [7, 11) is 0. The Bertz CT molecular complexity index is 825. The zero-order valence-corrected chi connectivity index (χ0v) is 15.2. The number of aliphatic hydroxyl groups excluding tert-OH is 1. The van der Waals surface area contributed by atoms with Crippen LogP contribution in [0.4, 0.5) is 0 Å². The molecule has 2 aromatic rings. The second-order valence-electron chi connectivity index (χ2n) is 7.32. The van der Waals surface area contributed by atoms with Crippen LogP contribution in [-0.4, -0.2) is 26.8 Å². The molecule has 2 heterocycles. The minimum atomic E-state index is -0.500. The lowest BCUT2D eigenvalue weighted by molar-refractivity contribution is -0.123. The minimum Gasteiger partial charge on any atom is -0.402 e. The summed E-state index contributed by atoms with van der Waals surface area (Å²) in [6.07, 6.45) is 6.71. The Morgan fingerprint density at radius 1 is 1.41 bits per heavy atom. The van der Waals surface area contributed by atoms with Gasteiger partial charge in [-0.15, -0.1) is 5.48 Å². The molecular weight excluding hydrogens is 344 g/mol. The van der Waals surface area contributed by atoms with Gasteiger partial charge in [-0.2, -0.15) is 5.10 Å². The number of aromatic nitrogens is 2. The van der Waals surface area contributed by atoms with E-state index >= 15 is 0 Å². The molecule has 1 aliphatic heterocycles. The molecule has 2 atom stereocenters.